The normalized spacial score (nSPS) is 15.1. The summed E-state index contributed by atoms with van der Waals surface area (Å²) in [5.74, 6) is 1.28. The molecule has 1 fully saturated rings. The van der Waals surface area contributed by atoms with Crippen molar-refractivity contribution in [3.05, 3.63) is 23.8 Å². The molecule has 2 rings (SSSR count). The maximum atomic E-state index is 12.3. The number of benzene rings is 1. The molecule has 0 bridgehead atoms. The molecular weight excluding hydrogens is 382 g/mol. The predicted octanol–water partition coefficient (Wildman–Crippen LogP) is 0.915. The van der Waals surface area contributed by atoms with E-state index in [9.17, 15) is 13.2 Å². The van der Waals surface area contributed by atoms with Crippen LogP contribution in [0.3, 0.4) is 0 Å². The molecule has 0 unspecified atom stereocenters. The summed E-state index contributed by atoms with van der Waals surface area (Å²) in [6.07, 6.45) is 2.21. The van der Waals surface area contributed by atoms with Crippen LogP contribution in [-0.2, 0) is 14.6 Å². The van der Waals surface area contributed by atoms with E-state index in [1.54, 1.807) is 18.2 Å². The minimum absolute atomic E-state index is 0.0816. The van der Waals surface area contributed by atoms with Gasteiger partial charge in [0.2, 0.25) is 5.91 Å². The van der Waals surface area contributed by atoms with Crippen LogP contribution < -0.4 is 9.47 Å². The molecule has 28 heavy (non-hydrogen) atoms. The molecule has 0 N–H and O–H groups in total. The molecule has 0 aliphatic carbocycles. The first kappa shape index (κ1) is 22.0. The SMILES string of the molecule is COc1cc(C#N)ccc1OCCCC(=O)N1CCN(CCS(C)(=O)=O)CC1. The van der Waals surface area contributed by atoms with Crippen molar-refractivity contribution in [2.45, 2.75) is 12.8 Å². The standard InChI is InChI=1S/C19H27N3O5S/c1-26-18-14-16(15-20)5-6-17(18)27-12-3-4-19(23)22-9-7-21(8-10-22)11-13-28(2,24)25/h5-6,14H,3-4,7-13H2,1-2H3. The lowest BCUT2D eigenvalue weighted by molar-refractivity contribution is -0.133. The van der Waals surface area contributed by atoms with Crippen LogP contribution in [0.2, 0.25) is 0 Å². The topological polar surface area (TPSA) is 99.9 Å². The predicted molar refractivity (Wildman–Crippen MR) is 105 cm³/mol. The van der Waals surface area contributed by atoms with Gasteiger partial charge in [0.15, 0.2) is 11.5 Å². The van der Waals surface area contributed by atoms with E-state index in [0.29, 0.717) is 69.2 Å². The average molecular weight is 410 g/mol. The third kappa shape index (κ3) is 7.02. The number of hydrogen-bond acceptors (Lipinski definition) is 7. The van der Waals surface area contributed by atoms with Crippen LogP contribution in [-0.4, -0.2) is 82.6 Å². The first-order valence-electron chi connectivity index (χ1n) is 9.21. The van der Waals surface area contributed by atoms with Crippen molar-refractivity contribution >= 4 is 15.7 Å². The summed E-state index contributed by atoms with van der Waals surface area (Å²) in [5.41, 5.74) is 0.495. The van der Waals surface area contributed by atoms with Gasteiger partial charge in [-0.3, -0.25) is 9.69 Å². The van der Waals surface area contributed by atoms with Crippen LogP contribution in [0.4, 0.5) is 0 Å². The third-order valence-electron chi connectivity index (χ3n) is 4.59. The summed E-state index contributed by atoms with van der Waals surface area (Å²) in [6, 6.07) is 7.01. The number of carbonyl (C=O) groups excluding carboxylic acids is 1. The van der Waals surface area contributed by atoms with E-state index in [4.69, 9.17) is 14.7 Å². The van der Waals surface area contributed by atoms with Crippen molar-refractivity contribution < 1.29 is 22.7 Å². The van der Waals surface area contributed by atoms with Gasteiger partial charge in [-0.05, 0) is 18.6 Å². The number of nitrogens with zero attached hydrogens (tertiary/aromatic N) is 3. The highest BCUT2D eigenvalue weighted by atomic mass is 32.2. The summed E-state index contributed by atoms with van der Waals surface area (Å²) >= 11 is 0. The van der Waals surface area contributed by atoms with Crippen molar-refractivity contribution in [2.24, 2.45) is 0 Å². The number of rotatable bonds is 9. The van der Waals surface area contributed by atoms with E-state index in [1.165, 1.54) is 13.4 Å². The van der Waals surface area contributed by atoms with Crippen LogP contribution in [0.1, 0.15) is 18.4 Å². The fourth-order valence-corrected chi connectivity index (χ4v) is 3.53. The Bertz CT molecular complexity index is 811. The Hall–Kier alpha value is -2.31. The lowest BCUT2D eigenvalue weighted by atomic mass is 10.2. The van der Waals surface area contributed by atoms with Gasteiger partial charge in [0.1, 0.15) is 9.84 Å². The van der Waals surface area contributed by atoms with E-state index in [0.717, 1.165) is 0 Å². The first-order valence-corrected chi connectivity index (χ1v) is 11.3. The second-order valence-electron chi connectivity index (χ2n) is 6.78. The number of piperazine rings is 1. The number of amides is 1. The summed E-state index contributed by atoms with van der Waals surface area (Å²) < 4.78 is 33.4. The van der Waals surface area contributed by atoms with Gasteiger partial charge in [0.25, 0.3) is 0 Å². The van der Waals surface area contributed by atoms with E-state index in [-0.39, 0.29) is 11.7 Å². The van der Waals surface area contributed by atoms with Gasteiger partial charge < -0.3 is 14.4 Å². The molecule has 0 saturated carbocycles. The van der Waals surface area contributed by atoms with Crippen molar-refractivity contribution in [1.29, 1.82) is 5.26 Å². The molecule has 1 amide bonds. The molecule has 154 valence electrons. The van der Waals surface area contributed by atoms with Crippen molar-refractivity contribution in [3.63, 3.8) is 0 Å². The highest BCUT2D eigenvalue weighted by Gasteiger charge is 2.21. The summed E-state index contributed by atoms with van der Waals surface area (Å²) in [6.45, 7) is 3.52. The fourth-order valence-electron chi connectivity index (χ4n) is 2.94. The van der Waals surface area contributed by atoms with Gasteiger partial charge in [-0.15, -0.1) is 0 Å². The second-order valence-corrected chi connectivity index (χ2v) is 9.04. The van der Waals surface area contributed by atoms with Gasteiger partial charge >= 0.3 is 0 Å². The maximum Gasteiger partial charge on any atom is 0.222 e. The van der Waals surface area contributed by atoms with E-state index in [2.05, 4.69) is 4.90 Å². The molecule has 1 aliphatic rings. The van der Waals surface area contributed by atoms with E-state index >= 15 is 0 Å². The summed E-state index contributed by atoms with van der Waals surface area (Å²) in [4.78, 5) is 16.2. The molecule has 8 nitrogen and oxygen atoms in total. The number of carbonyl (C=O) groups is 1. The summed E-state index contributed by atoms with van der Waals surface area (Å²) in [5, 5.41) is 8.91. The molecule has 0 aromatic heterocycles. The highest BCUT2D eigenvalue weighted by molar-refractivity contribution is 7.90. The number of ether oxygens (including phenoxy) is 2. The van der Waals surface area contributed by atoms with Crippen LogP contribution in [0, 0.1) is 11.3 Å². The zero-order chi connectivity index (χ0) is 20.6. The lowest BCUT2D eigenvalue weighted by Crippen LogP contribution is -2.49. The monoisotopic (exact) mass is 409 g/mol. The van der Waals surface area contributed by atoms with Crippen LogP contribution in [0.5, 0.6) is 11.5 Å². The van der Waals surface area contributed by atoms with Crippen LogP contribution in [0.25, 0.3) is 0 Å². The van der Waals surface area contributed by atoms with Gasteiger partial charge in [0.05, 0.1) is 31.1 Å². The smallest absolute Gasteiger partial charge is 0.222 e. The molecule has 1 heterocycles. The Labute approximate surface area is 166 Å². The Morgan fingerprint density at radius 1 is 1.21 bits per heavy atom. The minimum Gasteiger partial charge on any atom is -0.493 e. The van der Waals surface area contributed by atoms with Gasteiger partial charge in [-0.2, -0.15) is 5.26 Å². The largest absolute Gasteiger partial charge is 0.493 e. The molecular formula is C19H27N3O5S. The third-order valence-corrected chi connectivity index (χ3v) is 5.51. The zero-order valence-corrected chi connectivity index (χ0v) is 17.2. The van der Waals surface area contributed by atoms with Crippen molar-refractivity contribution in [1.82, 2.24) is 9.80 Å². The summed E-state index contributed by atoms with van der Waals surface area (Å²) in [7, 11) is -1.44. The molecule has 1 aromatic carbocycles. The average Bonchev–Trinajstić information content (AvgIpc) is 2.69. The van der Waals surface area contributed by atoms with E-state index in [1.807, 2.05) is 11.0 Å². The minimum atomic E-state index is -2.96. The highest BCUT2D eigenvalue weighted by Crippen LogP contribution is 2.28. The molecule has 9 heteroatoms. The fraction of sp³-hybridized carbons (Fsp3) is 0.579. The number of methoxy groups -OCH3 is 1. The Balaban J connectivity index is 1.69. The molecule has 0 radical (unpaired) electrons. The Kier molecular flexibility index (Phi) is 8.08. The van der Waals surface area contributed by atoms with Crippen molar-refractivity contribution in [2.75, 3.05) is 58.4 Å². The van der Waals surface area contributed by atoms with Crippen LogP contribution >= 0.6 is 0 Å². The quantitative estimate of drug-likeness (QED) is 0.559. The molecule has 0 spiro atoms. The molecule has 1 aliphatic heterocycles. The molecule has 0 atom stereocenters. The van der Waals surface area contributed by atoms with Gasteiger partial charge in [0, 0.05) is 51.5 Å². The maximum absolute atomic E-state index is 12.3. The Morgan fingerprint density at radius 2 is 1.93 bits per heavy atom. The number of nitriles is 1. The van der Waals surface area contributed by atoms with E-state index < -0.39 is 9.84 Å². The lowest BCUT2D eigenvalue weighted by Gasteiger charge is -2.34. The number of hydrogen-bond donors (Lipinski definition) is 0. The first-order chi connectivity index (χ1) is 13.3. The molecule has 1 saturated heterocycles. The second kappa shape index (κ2) is 10.3. The van der Waals surface area contributed by atoms with Crippen molar-refractivity contribution in [3.8, 4) is 17.6 Å². The van der Waals surface area contributed by atoms with Gasteiger partial charge in [-0.25, -0.2) is 8.42 Å². The number of sulfone groups is 1. The van der Waals surface area contributed by atoms with Crippen LogP contribution in [0.15, 0.2) is 18.2 Å². The zero-order valence-electron chi connectivity index (χ0n) is 16.4. The molecule has 1 aromatic rings. The Morgan fingerprint density at radius 3 is 2.54 bits per heavy atom. The van der Waals surface area contributed by atoms with Gasteiger partial charge in [-0.1, -0.05) is 0 Å².